The van der Waals surface area contributed by atoms with Crippen LogP contribution in [0.4, 0.5) is 0 Å². The van der Waals surface area contributed by atoms with Crippen LogP contribution >= 0.6 is 0 Å². The largest absolute Gasteiger partial charge is 0.340 e. The second-order valence-corrected chi connectivity index (χ2v) is 10.8. The van der Waals surface area contributed by atoms with E-state index in [9.17, 15) is 18.5 Å². The summed E-state index contributed by atoms with van der Waals surface area (Å²) in [7, 11) is -3.42. The number of piperazine rings is 1. The van der Waals surface area contributed by atoms with Gasteiger partial charge in [-0.2, -0.15) is 9.57 Å². The Morgan fingerprint density at radius 3 is 2.16 bits per heavy atom. The number of nitriles is 1. The van der Waals surface area contributed by atoms with Gasteiger partial charge in [-0.25, -0.2) is 8.42 Å². The SMILES string of the molecule is CC(C)C(C#N)N1CCN(C(=O)CCc2ccc(S(=O)(=O)N3CCCCC3)cc2)CC1. The molecule has 2 saturated heterocycles. The van der Waals surface area contributed by atoms with Gasteiger partial charge in [-0.1, -0.05) is 32.4 Å². The second-order valence-electron chi connectivity index (χ2n) is 8.84. The number of piperidine rings is 1. The molecule has 2 fully saturated rings. The molecule has 7 nitrogen and oxygen atoms in total. The molecule has 0 aliphatic carbocycles. The van der Waals surface area contributed by atoms with Crippen LogP contribution in [0.15, 0.2) is 29.2 Å². The summed E-state index contributed by atoms with van der Waals surface area (Å²) in [6, 6.07) is 9.24. The van der Waals surface area contributed by atoms with Gasteiger partial charge in [-0.3, -0.25) is 9.69 Å². The standard InChI is InChI=1S/C23H34N4O3S/c1-19(2)22(18-24)25-14-16-26(17-15-25)23(28)11-8-20-6-9-21(10-7-20)31(29,30)27-12-4-3-5-13-27/h6-7,9-10,19,22H,3-5,8,11-17H2,1-2H3. The number of carbonyl (C=O) groups excluding carboxylic acids is 1. The number of benzene rings is 1. The van der Waals surface area contributed by atoms with Crippen LogP contribution in [-0.2, 0) is 21.2 Å². The van der Waals surface area contributed by atoms with Gasteiger partial charge < -0.3 is 4.90 Å². The molecule has 2 aliphatic rings. The van der Waals surface area contributed by atoms with Crippen molar-refractivity contribution in [3.05, 3.63) is 29.8 Å². The van der Waals surface area contributed by atoms with E-state index in [0.717, 1.165) is 37.9 Å². The molecule has 0 N–H and O–H groups in total. The molecule has 1 amide bonds. The molecule has 0 spiro atoms. The molecule has 170 valence electrons. The molecule has 0 bridgehead atoms. The maximum atomic E-state index is 12.8. The lowest BCUT2D eigenvalue weighted by atomic mass is 10.0. The molecule has 1 aromatic carbocycles. The zero-order valence-corrected chi connectivity index (χ0v) is 19.5. The average molecular weight is 447 g/mol. The third-order valence-electron chi connectivity index (χ3n) is 6.33. The van der Waals surface area contributed by atoms with Gasteiger partial charge in [0, 0.05) is 45.7 Å². The molecule has 1 aromatic rings. The number of rotatable bonds is 7. The lowest BCUT2D eigenvalue weighted by Crippen LogP contribution is -2.52. The molecule has 2 heterocycles. The Bertz CT molecular complexity index is 878. The molecule has 0 radical (unpaired) electrons. The zero-order valence-electron chi connectivity index (χ0n) is 18.7. The summed E-state index contributed by atoms with van der Waals surface area (Å²) in [6.07, 6.45) is 3.93. The van der Waals surface area contributed by atoms with Crippen LogP contribution in [0.1, 0.15) is 45.1 Å². The van der Waals surface area contributed by atoms with Crippen LogP contribution in [0.25, 0.3) is 0 Å². The first-order chi connectivity index (χ1) is 14.8. The monoisotopic (exact) mass is 446 g/mol. The first-order valence-electron chi connectivity index (χ1n) is 11.3. The Kier molecular flexibility index (Phi) is 8.09. The van der Waals surface area contributed by atoms with Gasteiger partial charge in [0.2, 0.25) is 15.9 Å². The van der Waals surface area contributed by atoms with Crippen molar-refractivity contribution in [2.45, 2.75) is 56.9 Å². The quantitative estimate of drug-likeness (QED) is 0.642. The maximum absolute atomic E-state index is 12.8. The lowest BCUT2D eigenvalue weighted by Gasteiger charge is -2.38. The highest BCUT2D eigenvalue weighted by Crippen LogP contribution is 2.21. The molecular weight excluding hydrogens is 412 g/mol. The molecular formula is C23H34N4O3S. The Morgan fingerprint density at radius 1 is 1.00 bits per heavy atom. The summed E-state index contributed by atoms with van der Waals surface area (Å²) in [5.41, 5.74) is 0.967. The summed E-state index contributed by atoms with van der Waals surface area (Å²) < 4.78 is 27.1. The summed E-state index contributed by atoms with van der Waals surface area (Å²) in [6.45, 7) is 8.04. The highest BCUT2D eigenvalue weighted by Gasteiger charge is 2.28. The molecule has 31 heavy (non-hydrogen) atoms. The Labute approximate surface area is 186 Å². The minimum Gasteiger partial charge on any atom is -0.340 e. The van der Waals surface area contributed by atoms with Crippen LogP contribution in [0.2, 0.25) is 0 Å². The summed E-state index contributed by atoms with van der Waals surface area (Å²) >= 11 is 0. The van der Waals surface area contributed by atoms with E-state index >= 15 is 0 Å². The molecule has 0 aromatic heterocycles. The average Bonchev–Trinajstić information content (AvgIpc) is 2.79. The van der Waals surface area contributed by atoms with Crippen molar-refractivity contribution < 1.29 is 13.2 Å². The number of sulfonamides is 1. The maximum Gasteiger partial charge on any atom is 0.243 e. The number of amides is 1. The van der Waals surface area contributed by atoms with Crippen molar-refractivity contribution in [1.29, 1.82) is 5.26 Å². The number of hydrogen-bond acceptors (Lipinski definition) is 5. The number of aryl methyl sites for hydroxylation is 1. The van der Waals surface area contributed by atoms with E-state index in [0.29, 0.717) is 43.9 Å². The number of carbonyl (C=O) groups is 1. The van der Waals surface area contributed by atoms with Crippen molar-refractivity contribution in [2.75, 3.05) is 39.3 Å². The van der Waals surface area contributed by atoms with Crippen LogP contribution in [0, 0.1) is 17.2 Å². The van der Waals surface area contributed by atoms with Crippen LogP contribution in [0.3, 0.4) is 0 Å². The highest BCUT2D eigenvalue weighted by atomic mass is 32.2. The first-order valence-corrected chi connectivity index (χ1v) is 12.8. The van der Waals surface area contributed by atoms with Gasteiger partial charge in [0.1, 0.15) is 6.04 Å². The minimum atomic E-state index is -3.42. The van der Waals surface area contributed by atoms with E-state index < -0.39 is 10.0 Å². The van der Waals surface area contributed by atoms with Gasteiger partial charge in [0.25, 0.3) is 0 Å². The van der Waals surface area contributed by atoms with Crippen molar-refractivity contribution in [1.82, 2.24) is 14.1 Å². The van der Waals surface area contributed by atoms with E-state index in [2.05, 4.69) is 24.8 Å². The third-order valence-corrected chi connectivity index (χ3v) is 8.24. The van der Waals surface area contributed by atoms with Gasteiger partial charge in [-0.15, -0.1) is 0 Å². The van der Waals surface area contributed by atoms with Crippen LogP contribution in [-0.4, -0.2) is 73.7 Å². The topological polar surface area (TPSA) is 84.7 Å². The van der Waals surface area contributed by atoms with Gasteiger partial charge in [0.05, 0.1) is 11.0 Å². The van der Waals surface area contributed by atoms with Gasteiger partial charge in [-0.05, 0) is 42.9 Å². The van der Waals surface area contributed by atoms with E-state index in [1.54, 1.807) is 16.4 Å². The molecule has 0 saturated carbocycles. The smallest absolute Gasteiger partial charge is 0.243 e. The van der Waals surface area contributed by atoms with Crippen molar-refractivity contribution in [2.24, 2.45) is 5.92 Å². The van der Waals surface area contributed by atoms with Crippen LogP contribution in [0.5, 0.6) is 0 Å². The van der Waals surface area contributed by atoms with E-state index in [4.69, 9.17) is 0 Å². The summed E-state index contributed by atoms with van der Waals surface area (Å²) in [4.78, 5) is 17.0. The van der Waals surface area contributed by atoms with Gasteiger partial charge in [0.15, 0.2) is 0 Å². The first kappa shape index (κ1) is 23.7. The molecule has 8 heteroatoms. The molecule has 1 atom stereocenters. The van der Waals surface area contributed by atoms with Crippen LogP contribution < -0.4 is 0 Å². The number of nitrogens with zero attached hydrogens (tertiary/aromatic N) is 4. The Hall–Kier alpha value is -1.95. The van der Waals surface area contributed by atoms with Crippen molar-refractivity contribution >= 4 is 15.9 Å². The minimum absolute atomic E-state index is 0.100. The fourth-order valence-corrected chi connectivity index (χ4v) is 5.91. The summed E-state index contributed by atoms with van der Waals surface area (Å²) in [5, 5.41) is 9.37. The Morgan fingerprint density at radius 2 is 1.61 bits per heavy atom. The summed E-state index contributed by atoms with van der Waals surface area (Å²) in [5.74, 6) is 0.386. The fourth-order valence-electron chi connectivity index (χ4n) is 4.39. The predicted octanol–water partition coefficient (Wildman–Crippen LogP) is 2.49. The van der Waals surface area contributed by atoms with E-state index in [1.165, 1.54) is 0 Å². The van der Waals surface area contributed by atoms with E-state index in [1.807, 2.05) is 17.0 Å². The lowest BCUT2D eigenvalue weighted by molar-refractivity contribution is -0.133. The Balaban J connectivity index is 1.49. The fraction of sp³-hybridized carbons (Fsp3) is 0.652. The highest BCUT2D eigenvalue weighted by molar-refractivity contribution is 7.89. The number of hydrogen-bond donors (Lipinski definition) is 0. The molecule has 3 rings (SSSR count). The van der Waals surface area contributed by atoms with Crippen molar-refractivity contribution in [3.63, 3.8) is 0 Å². The molecule has 1 unspecified atom stereocenters. The zero-order chi connectivity index (χ0) is 22.4. The normalized spacial score (nSPS) is 19.9. The third kappa shape index (κ3) is 5.85. The molecule has 2 aliphatic heterocycles. The van der Waals surface area contributed by atoms with Gasteiger partial charge >= 0.3 is 0 Å². The van der Waals surface area contributed by atoms with E-state index in [-0.39, 0.29) is 17.9 Å². The predicted molar refractivity (Wildman–Crippen MR) is 120 cm³/mol. The second kappa shape index (κ2) is 10.6. The van der Waals surface area contributed by atoms with Crippen molar-refractivity contribution in [3.8, 4) is 6.07 Å².